The number of hydrogen-bond donors (Lipinski definition) is 1. The SMILES string of the molecule is c1ccc(Oc2cc3c(cc2Oc2ccccc2)C(c2ccccc2)NCC3)cc1. The number of hydrogen-bond acceptors (Lipinski definition) is 3. The summed E-state index contributed by atoms with van der Waals surface area (Å²) in [6, 6.07) is 34.6. The van der Waals surface area contributed by atoms with Gasteiger partial charge < -0.3 is 14.8 Å². The molecule has 0 spiro atoms. The standard InChI is InChI=1S/C27H23NO2/c1-4-10-20(11-5-1)27-24-19-26(30-23-14-8-3-9-15-23)25(18-21(24)16-17-28-27)29-22-12-6-2-7-13-22/h1-15,18-19,27-28H,16-17H2. The van der Waals surface area contributed by atoms with Gasteiger partial charge in [-0.05, 0) is 59.5 Å². The summed E-state index contributed by atoms with van der Waals surface area (Å²) in [7, 11) is 0. The van der Waals surface area contributed by atoms with Crippen LogP contribution in [-0.2, 0) is 6.42 Å². The molecule has 4 aromatic rings. The number of ether oxygens (including phenoxy) is 2. The van der Waals surface area contributed by atoms with Crippen LogP contribution in [0.15, 0.2) is 103 Å². The molecule has 0 radical (unpaired) electrons. The van der Waals surface area contributed by atoms with E-state index in [1.54, 1.807) is 0 Å². The number of para-hydroxylation sites is 2. The molecule has 148 valence electrons. The van der Waals surface area contributed by atoms with E-state index in [9.17, 15) is 0 Å². The fourth-order valence-electron chi connectivity index (χ4n) is 3.90. The average molecular weight is 393 g/mol. The molecule has 1 unspecified atom stereocenters. The molecule has 3 nitrogen and oxygen atoms in total. The summed E-state index contributed by atoms with van der Waals surface area (Å²) in [5.41, 5.74) is 3.77. The highest BCUT2D eigenvalue weighted by Crippen LogP contribution is 2.41. The lowest BCUT2D eigenvalue weighted by atomic mass is 9.89. The average Bonchev–Trinajstić information content (AvgIpc) is 2.81. The van der Waals surface area contributed by atoms with E-state index in [1.807, 2.05) is 66.7 Å². The molecule has 30 heavy (non-hydrogen) atoms. The van der Waals surface area contributed by atoms with Crippen LogP contribution >= 0.6 is 0 Å². The van der Waals surface area contributed by atoms with Gasteiger partial charge in [0.15, 0.2) is 11.5 Å². The Morgan fingerprint density at radius 3 is 1.77 bits per heavy atom. The van der Waals surface area contributed by atoms with E-state index in [4.69, 9.17) is 9.47 Å². The second kappa shape index (κ2) is 8.44. The highest BCUT2D eigenvalue weighted by molar-refractivity contribution is 5.54. The van der Waals surface area contributed by atoms with Crippen LogP contribution in [0.3, 0.4) is 0 Å². The first-order valence-electron chi connectivity index (χ1n) is 10.3. The van der Waals surface area contributed by atoms with Gasteiger partial charge in [-0.1, -0.05) is 66.7 Å². The van der Waals surface area contributed by atoms with E-state index in [0.29, 0.717) is 5.75 Å². The molecule has 0 bridgehead atoms. The molecule has 1 aliphatic rings. The second-order valence-electron chi connectivity index (χ2n) is 7.38. The number of nitrogens with one attached hydrogen (secondary N) is 1. The van der Waals surface area contributed by atoms with Crippen molar-refractivity contribution in [3.63, 3.8) is 0 Å². The topological polar surface area (TPSA) is 30.5 Å². The summed E-state index contributed by atoms with van der Waals surface area (Å²) in [5.74, 6) is 3.03. The van der Waals surface area contributed by atoms with E-state index in [0.717, 1.165) is 30.2 Å². The quantitative estimate of drug-likeness (QED) is 0.419. The largest absolute Gasteiger partial charge is 0.453 e. The first-order chi connectivity index (χ1) is 14.9. The van der Waals surface area contributed by atoms with E-state index in [-0.39, 0.29) is 6.04 Å². The van der Waals surface area contributed by atoms with E-state index < -0.39 is 0 Å². The van der Waals surface area contributed by atoms with Crippen molar-refractivity contribution in [3.8, 4) is 23.0 Å². The molecule has 0 saturated carbocycles. The zero-order chi connectivity index (χ0) is 20.2. The maximum Gasteiger partial charge on any atom is 0.170 e. The highest BCUT2D eigenvalue weighted by Gasteiger charge is 2.24. The minimum absolute atomic E-state index is 0.138. The Bertz CT molecular complexity index is 1110. The lowest BCUT2D eigenvalue weighted by molar-refractivity contribution is 0.415. The normalized spacial score (nSPS) is 15.3. The number of benzene rings is 4. The molecule has 5 rings (SSSR count). The van der Waals surface area contributed by atoms with Crippen molar-refractivity contribution in [1.82, 2.24) is 5.32 Å². The Morgan fingerprint density at radius 2 is 1.17 bits per heavy atom. The van der Waals surface area contributed by atoms with Gasteiger partial charge in [-0.25, -0.2) is 0 Å². The van der Waals surface area contributed by atoms with Crippen LogP contribution in [0.2, 0.25) is 0 Å². The predicted octanol–water partition coefficient (Wildman–Crippen LogP) is 6.51. The van der Waals surface area contributed by atoms with Gasteiger partial charge in [-0.3, -0.25) is 0 Å². The molecule has 1 atom stereocenters. The Labute approximate surface area is 176 Å². The van der Waals surface area contributed by atoms with Gasteiger partial charge in [0.1, 0.15) is 11.5 Å². The summed E-state index contributed by atoms with van der Waals surface area (Å²) in [6.45, 7) is 0.927. The molecular formula is C27H23NO2. The lowest BCUT2D eigenvalue weighted by Crippen LogP contribution is -2.30. The van der Waals surface area contributed by atoms with Crippen LogP contribution in [0, 0.1) is 0 Å². The van der Waals surface area contributed by atoms with Crippen molar-refractivity contribution in [2.24, 2.45) is 0 Å². The summed E-state index contributed by atoms with van der Waals surface area (Å²) in [4.78, 5) is 0. The van der Waals surface area contributed by atoms with Gasteiger partial charge in [0.25, 0.3) is 0 Å². The minimum atomic E-state index is 0.138. The lowest BCUT2D eigenvalue weighted by Gasteiger charge is -2.29. The van der Waals surface area contributed by atoms with Crippen molar-refractivity contribution in [3.05, 3.63) is 120 Å². The molecule has 0 saturated heterocycles. The molecule has 1 N–H and O–H groups in total. The first-order valence-corrected chi connectivity index (χ1v) is 10.3. The summed E-state index contributed by atoms with van der Waals surface area (Å²) >= 11 is 0. The summed E-state index contributed by atoms with van der Waals surface area (Å²) in [6.07, 6.45) is 0.954. The molecule has 0 amide bonds. The Morgan fingerprint density at radius 1 is 0.633 bits per heavy atom. The van der Waals surface area contributed by atoms with Crippen LogP contribution < -0.4 is 14.8 Å². The van der Waals surface area contributed by atoms with E-state index in [1.165, 1.54) is 16.7 Å². The number of rotatable bonds is 5. The third kappa shape index (κ3) is 3.93. The maximum absolute atomic E-state index is 6.28. The Hall–Kier alpha value is -3.56. The molecule has 1 heterocycles. The third-order valence-electron chi connectivity index (χ3n) is 5.33. The molecule has 1 aliphatic heterocycles. The van der Waals surface area contributed by atoms with Crippen molar-refractivity contribution in [2.75, 3.05) is 6.54 Å². The van der Waals surface area contributed by atoms with Gasteiger partial charge in [0.05, 0.1) is 6.04 Å². The second-order valence-corrected chi connectivity index (χ2v) is 7.38. The van der Waals surface area contributed by atoms with Gasteiger partial charge in [-0.15, -0.1) is 0 Å². The summed E-state index contributed by atoms with van der Waals surface area (Å²) < 4.78 is 12.5. The zero-order valence-corrected chi connectivity index (χ0v) is 16.6. The van der Waals surface area contributed by atoms with Crippen molar-refractivity contribution < 1.29 is 9.47 Å². The summed E-state index contributed by atoms with van der Waals surface area (Å²) in [5, 5.41) is 3.66. The molecule has 0 aromatic heterocycles. The Balaban J connectivity index is 1.58. The smallest absolute Gasteiger partial charge is 0.170 e. The molecular weight excluding hydrogens is 370 g/mol. The van der Waals surface area contributed by atoms with Gasteiger partial charge in [0.2, 0.25) is 0 Å². The van der Waals surface area contributed by atoms with Crippen molar-refractivity contribution in [2.45, 2.75) is 12.5 Å². The first kappa shape index (κ1) is 18.5. The predicted molar refractivity (Wildman–Crippen MR) is 119 cm³/mol. The van der Waals surface area contributed by atoms with Crippen molar-refractivity contribution in [1.29, 1.82) is 0 Å². The van der Waals surface area contributed by atoms with Crippen LogP contribution in [0.5, 0.6) is 23.0 Å². The highest BCUT2D eigenvalue weighted by atomic mass is 16.5. The van der Waals surface area contributed by atoms with Gasteiger partial charge in [-0.2, -0.15) is 0 Å². The van der Waals surface area contributed by atoms with Crippen LogP contribution in [0.1, 0.15) is 22.7 Å². The molecule has 0 fully saturated rings. The van der Waals surface area contributed by atoms with Crippen LogP contribution in [-0.4, -0.2) is 6.54 Å². The zero-order valence-electron chi connectivity index (χ0n) is 16.6. The van der Waals surface area contributed by atoms with Gasteiger partial charge >= 0.3 is 0 Å². The molecule has 3 heteroatoms. The minimum Gasteiger partial charge on any atom is -0.453 e. The van der Waals surface area contributed by atoms with Crippen molar-refractivity contribution >= 4 is 0 Å². The fraction of sp³-hybridized carbons (Fsp3) is 0.111. The third-order valence-corrected chi connectivity index (χ3v) is 5.33. The fourth-order valence-corrected chi connectivity index (χ4v) is 3.90. The monoisotopic (exact) mass is 393 g/mol. The van der Waals surface area contributed by atoms with E-state index in [2.05, 4.69) is 41.7 Å². The van der Waals surface area contributed by atoms with Gasteiger partial charge in [0, 0.05) is 6.54 Å². The maximum atomic E-state index is 6.28. The van der Waals surface area contributed by atoms with Crippen LogP contribution in [0.4, 0.5) is 0 Å². The Kier molecular flexibility index (Phi) is 5.19. The van der Waals surface area contributed by atoms with E-state index >= 15 is 0 Å². The number of fused-ring (bicyclic) bond motifs is 1. The molecule has 0 aliphatic carbocycles. The molecule has 4 aromatic carbocycles. The van der Waals surface area contributed by atoms with Crippen LogP contribution in [0.25, 0.3) is 0 Å².